The molecule has 0 heterocycles. The lowest BCUT2D eigenvalue weighted by Crippen LogP contribution is -2.15. The van der Waals surface area contributed by atoms with Crippen LogP contribution < -0.4 is 10.1 Å². The highest BCUT2D eigenvalue weighted by Gasteiger charge is 2.08. The summed E-state index contributed by atoms with van der Waals surface area (Å²) in [6, 6.07) is 14.8. The van der Waals surface area contributed by atoms with Crippen molar-refractivity contribution in [1.82, 2.24) is 5.32 Å². The van der Waals surface area contributed by atoms with E-state index in [0.29, 0.717) is 18.7 Å². The number of carboxylic acid groups (broad SMARTS) is 1. The third kappa shape index (κ3) is 3.59. The summed E-state index contributed by atoms with van der Waals surface area (Å²) in [5.74, 6) is -0.0842. The molecule has 20 heavy (non-hydrogen) atoms. The Labute approximate surface area is 118 Å². The van der Waals surface area contributed by atoms with Crippen molar-refractivity contribution in [3.8, 4) is 5.75 Å². The van der Waals surface area contributed by atoms with E-state index in [4.69, 9.17) is 9.84 Å². The number of ether oxygens (including phenoxy) is 1. The Morgan fingerprint density at radius 2 is 1.95 bits per heavy atom. The Morgan fingerprint density at radius 3 is 2.70 bits per heavy atom. The van der Waals surface area contributed by atoms with Crippen LogP contribution in [0.5, 0.6) is 5.75 Å². The summed E-state index contributed by atoms with van der Waals surface area (Å²) in [6.45, 7) is 1.17. The van der Waals surface area contributed by atoms with Crippen molar-refractivity contribution < 1.29 is 14.6 Å². The van der Waals surface area contributed by atoms with Gasteiger partial charge in [-0.3, -0.25) is 0 Å². The third-order valence-electron chi connectivity index (χ3n) is 3.03. The Hall–Kier alpha value is -2.33. The molecule has 0 unspecified atom stereocenters. The molecule has 0 aromatic heterocycles. The number of carboxylic acids is 1. The average molecular weight is 271 g/mol. The van der Waals surface area contributed by atoms with E-state index in [1.807, 2.05) is 36.4 Å². The van der Waals surface area contributed by atoms with E-state index < -0.39 is 5.97 Å². The number of methoxy groups -OCH3 is 1. The van der Waals surface area contributed by atoms with Gasteiger partial charge in [-0.25, -0.2) is 4.79 Å². The maximum absolute atomic E-state index is 11.1. The maximum Gasteiger partial charge on any atom is 0.336 e. The zero-order chi connectivity index (χ0) is 14.4. The standard InChI is InChI=1S/C16H17NO3/c1-20-14-7-4-5-12(9-14)10-17-11-13-6-2-3-8-15(13)16(18)19/h2-9,17H,10-11H2,1H3,(H,18,19). The van der Waals surface area contributed by atoms with Gasteiger partial charge >= 0.3 is 5.97 Å². The number of aromatic carboxylic acids is 1. The molecule has 0 atom stereocenters. The normalized spacial score (nSPS) is 10.2. The zero-order valence-corrected chi connectivity index (χ0v) is 11.3. The quantitative estimate of drug-likeness (QED) is 0.848. The summed E-state index contributed by atoms with van der Waals surface area (Å²) in [4.78, 5) is 11.1. The maximum atomic E-state index is 11.1. The lowest BCUT2D eigenvalue weighted by atomic mass is 10.1. The predicted octanol–water partition coefficient (Wildman–Crippen LogP) is 2.68. The highest BCUT2D eigenvalue weighted by molar-refractivity contribution is 5.89. The minimum Gasteiger partial charge on any atom is -0.497 e. The largest absolute Gasteiger partial charge is 0.497 e. The van der Waals surface area contributed by atoms with Gasteiger partial charge < -0.3 is 15.2 Å². The summed E-state index contributed by atoms with van der Waals surface area (Å²) in [6.07, 6.45) is 0. The first kappa shape index (κ1) is 14.1. The number of nitrogens with one attached hydrogen (secondary N) is 1. The Kier molecular flexibility index (Phi) is 4.74. The molecule has 0 aliphatic heterocycles. The molecule has 0 spiro atoms. The van der Waals surface area contributed by atoms with Gasteiger partial charge in [0.1, 0.15) is 5.75 Å². The van der Waals surface area contributed by atoms with Gasteiger partial charge in [-0.15, -0.1) is 0 Å². The van der Waals surface area contributed by atoms with Gasteiger partial charge in [0.05, 0.1) is 12.7 Å². The van der Waals surface area contributed by atoms with Crippen molar-refractivity contribution in [2.24, 2.45) is 0 Å². The molecule has 2 aromatic rings. The fraction of sp³-hybridized carbons (Fsp3) is 0.188. The molecule has 0 fully saturated rings. The first-order valence-corrected chi connectivity index (χ1v) is 6.35. The Morgan fingerprint density at radius 1 is 1.15 bits per heavy atom. The van der Waals surface area contributed by atoms with Crippen molar-refractivity contribution in [2.45, 2.75) is 13.1 Å². The summed E-state index contributed by atoms with van der Waals surface area (Å²) in [7, 11) is 1.63. The molecular weight excluding hydrogens is 254 g/mol. The van der Waals surface area contributed by atoms with Gasteiger partial charge in [0, 0.05) is 13.1 Å². The van der Waals surface area contributed by atoms with Crippen molar-refractivity contribution in [2.75, 3.05) is 7.11 Å². The lowest BCUT2D eigenvalue weighted by molar-refractivity contribution is 0.0695. The van der Waals surface area contributed by atoms with Crippen LogP contribution in [0.4, 0.5) is 0 Å². The van der Waals surface area contributed by atoms with E-state index in [1.54, 1.807) is 19.2 Å². The summed E-state index contributed by atoms with van der Waals surface area (Å²) in [5, 5.41) is 12.4. The Bertz CT molecular complexity index is 596. The topological polar surface area (TPSA) is 58.6 Å². The zero-order valence-electron chi connectivity index (χ0n) is 11.3. The van der Waals surface area contributed by atoms with Crippen LogP contribution in [0.3, 0.4) is 0 Å². The minimum absolute atomic E-state index is 0.339. The number of hydrogen-bond acceptors (Lipinski definition) is 3. The molecule has 2 rings (SSSR count). The van der Waals surface area contributed by atoms with Crippen molar-refractivity contribution in [3.63, 3.8) is 0 Å². The van der Waals surface area contributed by atoms with Gasteiger partial charge in [-0.1, -0.05) is 30.3 Å². The van der Waals surface area contributed by atoms with Gasteiger partial charge in [0.25, 0.3) is 0 Å². The van der Waals surface area contributed by atoms with Crippen LogP contribution in [0, 0.1) is 0 Å². The minimum atomic E-state index is -0.899. The van der Waals surface area contributed by atoms with Crippen molar-refractivity contribution >= 4 is 5.97 Å². The molecule has 0 saturated carbocycles. The molecular formula is C16H17NO3. The van der Waals surface area contributed by atoms with Crippen LogP contribution in [0.25, 0.3) is 0 Å². The molecule has 0 aliphatic rings. The molecule has 0 radical (unpaired) electrons. The van der Waals surface area contributed by atoms with Crippen LogP contribution >= 0.6 is 0 Å². The molecule has 104 valence electrons. The predicted molar refractivity (Wildman–Crippen MR) is 76.9 cm³/mol. The van der Waals surface area contributed by atoms with E-state index in [2.05, 4.69) is 5.32 Å². The number of benzene rings is 2. The molecule has 0 amide bonds. The molecule has 0 saturated heterocycles. The second-order valence-corrected chi connectivity index (χ2v) is 4.42. The van der Waals surface area contributed by atoms with Crippen LogP contribution in [0.1, 0.15) is 21.5 Å². The van der Waals surface area contributed by atoms with E-state index in [0.717, 1.165) is 16.9 Å². The fourth-order valence-corrected chi connectivity index (χ4v) is 2.01. The van der Waals surface area contributed by atoms with Crippen LogP contribution in [-0.4, -0.2) is 18.2 Å². The molecule has 0 bridgehead atoms. The van der Waals surface area contributed by atoms with Crippen molar-refractivity contribution in [1.29, 1.82) is 0 Å². The molecule has 0 aliphatic carbocycles. The second-order valence-electron chi connectivity index (χ2n) is 4.42. The monoisotopic (exact) mass is 271 g/mol. The number of rotatable bonds is 6. The second kappa shape index (κ2) is 6.73. The van der Waals surface area contributed by atoms with Crippen LogP contribution in [-0.2, 0) is 13.1 Å². The average Bonchev–Trinajstić information content (AvgIpc) is 2.48. The van der Waals surface area contributed by atoms with Gasteiger partial charge in [0.2, 0.25) is 0 Å². The van der Waals surface area contributed by atoms with E-state index in [9.17, 15) is 4.79 Å². The number of hydrogen-bond donors (Lipinski definition) is 2. The summed E-state index contributed by atoms with van der Waals surface area (Å²) in [5.41, 5.74) is 2.21. The third-order valence-corrected chi connectivity index (χ3v) is 3.03. The fourth-order valence-electron chi connectivity index (χ4n) is 2.01. The first-order chi connectivity index (χ1) is 9.70. The Balaban J connectivity index is 1.97. The number of carbonyl (C=O) groups is 1. The smallest absolute Gasteiger partial charge is 0.336 e. The molecule has 4 nitrogen and oxygen atoms in total. The van der Waals surface area contributed by atoms with Crippen molar-refractivity contribution in [3.05, 3.63) is 65.2 Å². The van der Waals surface area contributed by atoms with Gasteiger partial charge in [-0.05, 0) is 29.3 Å². The molecule has 2 aromatic carbocycles. The summed E-state index contributed by atoms with van der Waals surface area (Å²) < 4.78 is 5.16. The molecule has 2 N–H and O–H groups in total. The van der Waals surface area contributed by atoms with Crippen LogP contribution in [0.15, 0.2) is 48.5 Å². The van der Waals surface area contributed by atoms with E-state index in [-0.39, 0.29) is 0 Å². The SMILES string of the molecule is COc1cccc(CNCc2ccccc2C(=O)O)c1. The summed E-state index contributed by atoms with van der Waals surface area (Å²) >= 11 is 0. The highest BCUT2D eigenvalue weighted by Crippen LogP contribution is 2.13. The lowest BCUT2D eigenvalue weighted by Gasteiger charge is -2.08. The van der Waals surface area contributed by atoms with Gasteiger partial charge in [-0.2, -0.15) is 0 Å². The van der Waals surface area contributed by atoms with Crippen LogP contribution in [0.2, 0.25) is 0 Å². The van der Waals surface area contributed by atoms with Gasteiger partial charge in [0.15, 0.2) is 0 Å². The highest BCUT2D eigenvalue weighted by atomic mass is 16.5. The first-order valence-electron chi connectivity index (χ1n) is 6.35. The van der Waals surface area contributed by atoms with E-state index >= 15 is 0 Å². The molecule has 4 heteroatoms. The van der Waals surface area contributed by atoms with E-state index in [1.165, 1.54) is 0 Å².